The first-order valence-electron chi connectivity index (χ1n) is 7.20. The Bertz CT molecular complexity index is 990. The topological polar surface area (TPSA) is 28.7 Å². The van der Waals surface area contributed by atoms with Crippen LogP contribution in [-0.4, -0.2) is 9.97 Å². The quantitative estimate of drug-likeness (QED) is 0.460. The van der Waals surface area contributed by atoms with Crippen LogP contribution >= 0.6 is 0 Å². The van der Waals surface area contributed by atoms with Gasteiger partial charge in [0.25, 0.3) is 0 Å². The highest BCUT2D eigenvalue weighted by Gasteiger charge is 2.25. The molecule has 0 bridgehead atoms. The molecule has 0 spiro atoms. The Morgan fingerprint density at radius 1 is 0.773 bits per heavy atom. The van der Waals surface area contributed by atoms with Crippen LogP contribution < -0.4 is 0 Å². The molecule has 0 fully saturated rings. The molecule has 1 heterocycles. The number of hydrogen-bond donors (Lipinski definition) is 1. The number of nitrogens with one attached hydrogen (secondary N) is 1. The van der Waals surface area contributed by atoms with Crippen LogP contribution in [0.5, 0.6) is 0 Å². The van der Waals surface area contributed by atoms with E-state index < -0.39 is 0 Å². The van der Waals surface area contributed by atoms with Crippen LogP contribution in [0.1, 0.15) is 0 Å². The van der Waals surface area contributed by atoms with Gasteiger partial charge in [-0.3, -0.25) is 0 Å². The van der Waals surface area contributed by atoms with Gasteiger partial charge < -0.3 is 4.98 Å². The third-order valence-electron chi connectivity index (χ3n) is 4.26. The Labute approximate surface area is 126 Å². The number of halogens is 1. The van der Waals surface area contributed by atoms with Gasteiger partial charge >= 0.3 is 0 Å². The predicted octanol–water partition coefficient (Wildman–Crippen LogP) is 5.02. The molecule has 5 rings (SSSR count). The molecule has 3 aromatic carbocycles. The molecular formula is C19H11FN2. The number of rotatable bonds is 1. The first-order valence-corrected chi connectivity index (χ1v) is 7.20. The van der Waals surface area contributed by atoms with E-state index >= 15 is 0 Å². The van der Waals surface area contributed by atoms with Crippen molar-refractivity contribution in [2.24, 2.45) is 0 Å². The molecule has 4 aromatic rings. The van der Waals surface area contributed by atoms with E-state index in [-0.39, 0.29) is 5.82 Å². The Balaban J connectivity index is 1.81. The number of aromatic amines is 1. The Morgan fingerprint density at radius 3 is 2.32 bits per heavy atom. The minimum absolute atomic E-state index is 0.263. The number of fused-ring (bicyclic) bond motifs is 3. The lowest BCUT2D eigenvalue weighted by Gasteiger charge is -2.03. The molecule has 0 saturated carbocycles. The van der Waals surface area contributed by atoms with Crippen LogP contribution in [0.2, 0.25) is 0 Å². The monoisotopic (exact) mass is 286 g/mol. The number of hydrogen-bond acceptors (Lipinski definition) is 1. The van der Waals surface area contributed by atoms with Gasteiger partial charge in [-0.05, 0) is 17.5 Å². The smallest absolute Gasteiger partial charge is 0.141 e. The Morgan fingerprint density at radius 2 is 1.50 bits per heavy atom. The highest BCUT2D eigenvalue weighted by atomic mass is 19.1. The number of nitrogens with zero attached hydrogens (tertiary/aromatic N) is 1. The van der Waals surface area contributed by atoms with E-state index in [1.807, 2.05) is 18.2 Å². The summed E-state index contributed by atoms with van der Waals surface area (Å²) in [7, 11) is 0. The molecule has 0 amide bonds. The van der Waals surface area contributed by atoms with E-state index in [9.17, 15) is 4.39 Å². The van der Waals surface area contributed by atoms with Crippen molar-refractivity contribution in [3.63, 3.8) is 0 Å². The van der Waals surface area contributed by atoms with Gasteiger partial charge in [0.1, 0.15) is 11.6 Å². The first-order chi connectivity index (χ1) is 10.8. The van der Waals surface area contributed by atoms with Gasteiger partial charge in [0, 0.05) is 16.5 Å². The Kier molecular flexibility index (Phi) is 2.15. The van der Waals surface area contributed by atoms with Crippen molar-refractivity contribution in [1.82, 2.24) is 9.97 Å². The molecule has 22 heavy (non-hydrogen) atoms. The van der Waals surface area contributed by atoms with Gasteiger partial charge in [0.05, 0.1) is 17.0 Å². The van der Waals surface area contributed by atoms with Gasteiger partial charge in [-0.25, -0.2) is 9.37 Å². The van der Waals surface area contributed by atoms with Crippen molar-refractivity contribution in [3.05, 3.63) is 66.5 Å². The van der Waals surface area contributed by atoms with E-state index in [0.29, 0.717) is 11.4 Å². The summed E-state index contributed by atoms with van der Waals surface area (Å²) in [5, 5.41) is 2.42. The summed E-state index contributed by atoms with van der Waals surface area (Å²) in [4.78, 5) is 7.97. The van der Waals surface area contributed by atoms with Crippen LogP contribution in [-0.2, 0) is 0 Å². The first kappa shape index (κ1) is 11.7. The van der Waals surface area contributed by atoms with Gasteiger partial charge in [0.15, 0.2) is 0 Å². The average Bonchev–Trinajstić information content (AvgIpc) is 3.09. The van der Waals surface area contributed by atoms with Crippen LogP contribution in [0.25, 0.3) is 44.7 Å². The third-order valence-corrected chi connectivity index (χ3v) is 4.26. The lowest BCUT2D eigenvalue weighted by Crippen LogP contribution is -1.87. The van der Waals surface area contributed by atoms with Gasteiger partial charge in [0.2, 0.25) is 0 Å². The highest BCUT2D eigenvalue weighted by molar-refractivity contribution is 6.13. The van der Waals surface area contributed by atoms with E-state index in [1.54, 1.807) is 12.1 Å². The standard InChI is InChI=1S/C19H11FN2/c20-15-10-2-1-7-12(15)19-21-17-13-8-3-5-11-6-4-9-14(16(11)13)18(17)22-19/h1-10H,(H,21,22). The fourth-order valence-corrected chi connectivity index (χ4v) is 3.29. The minimum Gasteiger partial charge on any atom is -0.337 e. The molecule has 1 aliphatic rings. The van der Waals surface area contributed by atoms with Crippen LogP contribution in [0.3, 0.4) is 0 Å². The SMILES string of the molecule is Fc1ccccc1-c1nc2c([nH]1)-c1cccc3cccc-2c13. The summed E-state index contributed by atoms with van der Waals surface area (Å²) in [6.45, 7) is 0. The molecule has 1 N–H and O–H groups in total. The number of aromatic nitrogens is 2. The predicted molar refractivity (Wildman–Crippen MR) is 85.9 cm³/mol. The van der Waals surface area contributed by atoms with E-state index in [1.165, 1.54) is 16.8 Å². The number of benzene rings is 3. The number of imidazole rings is 1. The molecule has 1 aromatic heterocycles. The van der Waals surface area contributed by atoms with Gasteiger partial charge in [-0.2, -0.15) is 0 Å². The van der Waals surface area contributed by atoms with Crippen molar-refractivity contribution >= 4 is 10.8 Å². The molecule has 2 nitrogen and oxygen atoms in total. The van der Waals surface area contributed by atoms with E-state index in [4.69, 9.17) is 0 Å². The summed E-state index contributed by atoms with van der Waals surface area (Å²) in [6, 6.07) is 19.1. The lowest BCUT2D eigenvalue weighted by atomic mass is 10.0. The maximum Gasteiger partial charge on any atom is 0.141 e. The molecule has 0 saturated heterocycles. The molecular weight excluding hydrogens is 275 g/mol. The lowest BCUT2D eigenvalue weighted by molar-refractivity contribution is 0.630. The maximum absolute atomic E-state index is 14.0. The van der Waals surface area contributed by atoms with Crippen molar-refractivity contribution in [1.29, 1.82) is 0 Å². The summed E-state index contributed by atoms with van der Waals surface area (Å²) in [5.41, 5.74) is 4.64. The average molecular weight is 286 g/mol. The van der Waals surface area contributed by atoms with E-state index in [2.05, 4.69) is 34.2 Å². The fraction of sp³-hybridized carbons (Fsp3) is 0. The minimum atomic E-state index is -0.263. The van der Waals surface area contributed by atoms with E-state index in [0.717, 1.165) is 22.5 Å². The van der Waals surface area contributed by atoms with Crippen molar-refractivity contribution in [2.75, 3.05) is 0 Å². The fourth-order valence-electron chi connectivity index (χ4n) is 3.29. The summed E-state index contributed by atoms with van der Waals surface area (Å²) in [6.07, 6.45) is 0. The highest BCUT2D eigenvalue weighted by Crippen LogP contribution is 2.46. The summed E-state index contributed by atoms with van der Waals surface area (Å²) >= 11 is 0. The van der Waals surface area contributed by atoms with Crippen LogP contribution in [0.15, 0.2) is 60.7 Å². The maximum atomic E-state index is 14.0. The molecule has 0 radical (unpaired) electrons. The zero-order valence-electron chi connectivity index (χ0n) is 11.6. The Hall–Kier alpha value is -2.94. The second-order valence-electron chi connectivity index (χ2n) is 5.50. The second kappa shape index (κ2) is 4.04. The van der Waals surface area contributed by atoms with Gasteiger partial charge in [-0.15, -0.1) is 0 Å². The second-order valence-corrected chi connectivity index (χ2v) is 5.50. The van der Waals surface area contributed by atoms with Crippen molar-refractivity contribution in [2.45, 2.75) is 0 Å². The van der Waals surface area contributed by atoms with Crippen molar-refractivity contribution in [3.8, 4) is 33.9 Å². The molecule has 0 aliphatic heterocycles. The molecule has 3 heteroatoms. The molecule has 0 atom stereocenters. The van der Waals surface area contributed by atoms with Gasteiger partial charge in [-0.1, -0.05) is 48.5 Å². The normalized spacial score (nSPS) is 11.9. The zero-order valence-corrected chi connectivity index (χ0v) is 11.6. The largest absolute Gasteiger partial charge is 0.337 e. The van der Waals surface area contributed by atoms with Crippen LogP contribution in [0, 0.1) is 5.82 Å². The van der Waals surface area contributed by atoms with Crippen molar-refractivity contribution < 1.29 is 4.39 Å². The molecule has 1 aliphatic carbocycles. The number of H-pyrrole nitrogens is 1. The summed E-state index contributed by atoms with van der Waals surface area (Å²) in [5.74, 6) is 0.316. The molecule has 0 unspecified atom stereocenters. The third kappa shape index (κ3) is 1.40. The zero-order chi connectivity index (χ0) is 14.7. The van der Waals surface area contributed by atoms with Crippen LogP contribution in [0.4, 0.5) is 4.39 Å². The summed E-state index contributed by atoms with van der Waals surface area (Å²) < 4.78 is 14.0. The molecule has 104 valence electrons.